The lowest BCUT2D eigenvalue weighted by Gasteiger charge is -2.12. The minimum atomic E-state index is -0.845. The number of hydrogen-bond donors (Lipinski definition) is 1. The number of carbonyl (C=O) groups excluding carboxylic acids is 1. The average molecular weight is 483 g/mol. The normalized spacial score (nSPS) is 11.3. The van der Waals surface area contributed by atoms with Crippen LogP contribution >= 0.6 is 0 Å². The van der Waals surface area contributed by atoms with E-state index in [1.54, 1.807) is 18.3 Å². The molecule has 0 aliphatic rings. The minimum Gasteiger partial charge on any atom is -0.319 e. The van der Waals surface area contributed by atoms with Crippen LogP contribution < -0.4 is 5.32 Å². The topological polar surface area (TPSA) is 59.8 Å². The zero-order valence-electron chi connectivity index (χ0n) is 20.1. The first kappa shape index (κ1) is 23.4. The lowest BCUT2D eigenvalue weighted by Crippen LogP contribution is -2.14. The van der Waals surface area contributed by atoms with Crippen LogP contribution in [-0.4, -0.2) is 20.7 Å². The Labute approximate surface area is 207 Å². The highest BCUT2D eigenvalue weighted by molar-refractivity contribution is 6.13. The molecule has 1 N–H and O–H groups in total. The summed E-state index contributed by atoms with van der Waals surface area (Å²) in [5, 5.41) is 7.75. The first-order valence-electron chi connectivity index (χ1n) is 11.6. The molecule has 0 spiro atoms. The molecule has 5 rings (SSSR count). The molecule has 7 heteroatoms. The van der Waals surface area contributed by atoms with E-state index in [0.29, 0.717) is 28.1 Å². The number of halogens is 2. The van der Waals surface area contributed by atoms with E-state index >= 15 is 0 Å². The van der Waals surface area contributed by atoms with Crippen molar-refractivity contribution >= 4 is 22.5 Å². The first-order chi connectivity index (χ1) is 17.3. The Morgan fingerprint density at radius 1 is 0.972 bits per heavy atom. The van der Waals surface area contributed by atoms with Crippen molar-refractivity contribution in [2.45, 2.75) is 26.7 Å². The van der Waals surface area contributed by atoms with Crippen LogP contribution in [0.4, 0.5) is 14.5 Å². The highest BCUT2D eigenvalue weighted by atomic mass is 19.1. The van der Waals surface area contributed by atoms with Crippen LogP contribution in [-0.2, 0) is 0 Å². The van der Waals surface area contributed by atoms with E-state index in [1.165, 1.54) is 11.6 Å². The number of fused-ring (bicyclic) bond motifs is 1. The fourth-order valence-corrected chi connectivity index (χ4v) is 4.20. The van der Waals surface area contributed by atoms with Crippen LogP contribution in [0, 0.1) is 18.6 Å². The maximum Gasteiger partial charge on any atom is 0.256 e. The van der Waals surface area contributed by atoms with Gasteiger partial charge in [0, 0.05) is 17.0 Å². The quantitative estimate of drug-likeness (QED) is 0.292. The molecule has 180 valence electrons. The number of anilines is 1. The molecule has 0 radical (unpaired) electrons. The van der Waals surface area contributed by atoms with Crippen LogP contribution in [0.1, 0.15) is 41.4 Å². The van der Waals surface area contributed by atoms with Crippen molar-refractivity contribution in [2.24, 2.45) is 0 Å². The van der Waals surface area contributed by atoms with E-state index in [9.17, 15) is 13.6 Å². The second kappa shape index (κ2) is 9.34. The van der Waals surface area contributed by atoms with Gasteiger partial charge in [-0.25, -0.2) is 18.4 Å². The van der Waals surface area contributed by atoms with Gasteiger partial charge in [0.2, 0.25) is 0 Å². The summed E-state index contributed by atoms with van der Waals surface area (Å²) in [5.41, 5.74) is 5.23. The SMILES string of the molecule is Cc1c(-c2cc(C(=O)Nc3ccc(F)cc3F)c3ccccc3n2)cnn1-c1ccc(C(C)C)cc1. The number of hydrogen-bond acceptors (Lipinski definition) is 3. The predicted octanol–water partition coefficient (Wildman–Crippen LogP) is 7.05. The molecule has 36 heavy (non-hydrogen) atoms. The first-order valence-corrected chi connectivity index (χ1v) is 11.6. The summed E-state index contributed by atoms with van der Waals surface area (Å²) in [6, 6.07) is 20.2. The fourth-order valence-electron chi connectivity index (χ4n) is 4.20. The van der Waals surface area contributed by atoms with E-state index < -0.39 is 17.5 Å². The van der Waals surface area contributed by atoms with Gasteiger partial charge in [-0.05, 0) is 54.8 Å². The zero-order chi connectivity index (χ0) is 25.4. The van der Waals surface area contributed by atoms with Gasteiger partial charge in [0.1, 0.15) is 11.6 Å². The third-order valence-electron chi connectivity index (χ3n) is 6.23. The van der Waals surface area contributed by atoms with Gasteiger partial charge in [0.15, 0.2) is 0 Å². The number of aromatic nitrogens is 3. The average Bonchev–Trinajstić information content (AvgIpc) is 3.26. The molecule has 3 aromatic carbocycles. The number of nitrogens with one attached hydrogen (secondary N) is 1. The number of para-hydroxylation sites is 1. The summed E-state index contributed by atoms with van der Waals surface area (Å²) in [6.45, 7) is 6.24. The van der Waals surface area contributed by atoms with Crippen molar-refractivity contribution in [2.75, 3.05) is 5.32 Å². The standard InChI is InChI=1S/C29H24F2N4O/c1-17(2)19-8-11-21(12-9-19)35-18(3)24(16-32-35)28-15-23(22-6-4-5-7-26(22)33-28)29(36)34-27-13-10-20(30)14-25(27)31/h4-17H,1-3H3,(H,34,36). The van der Waals surface area contributed by atoms with E-state index in [2.05, 4.69) is 36.4 Å². The summed E-state index contributed by atoms with van der Waals surface area (Å²) in [7, 11) is 0. The summed E-state index contributed by atoms with van der Waals surface area (Å²) in [4.78, 5) is 18.0. The Morgan fingerprint density at radius 2 is 1.72 bits per heavy atom. The molecule has 0 atom stereocenters. The molecule has 0 bridgehead atoms. The van der Waals surface area contributed by atoms with Crippen LogP contribution in [0.2, 0.25) is 0 Å². The number of amides is 1. The molecule has 0 fully saturated rings. The number of pyridine rings is 1. The van der Waals surface area contributed by atoms with Crippen LogP contribution in [0.15, 0.2) is 79.0 Å². The van der Waals surface area contributed by atoms with E-state index in [4.69, 9.17) is 4.98 Å². The largest absolute Gasteiger partial charge is 0.319 e. The lowest BCUT2D eigenvalue weighted by molar-refractivity contribution is 0.102. The Bertz CT molecular complexity index is 1590. The second-order valence-corrected chi connectivity index (χ2v) is 8.95. The monoisotopic (exact) mass is 482 g/mol. The Morgan fingerprint density at radius 3 is 2.44 bits per heavy atom. The summed E-state index contributed by atoms with van der Waals surface area (Å²) < 4.78 is 29.3. The summed E-state index contributed by atoms with van der Waals surface area (Å²) >= 11 is 0. The van der Waals surface area contributed by atoms with Crippen molar-refractivity contribution in [3.8, 4) is 16.9 Å². The highest BCUT2D eigenvalue weighted by Gasteiger charge is 2.18. The zero-order valence-corrected chi connectivity index (χ0v) is 20.1. The van der Waals surface area contributed by atoms with Gasteiger partial charge in [-0.1, -0.05) is 44.2 Å². The number of benzene rings is 3. The van der Waals surface area contributed by atoms with Crippen molar-refractivity contribution in [3.63, 3.8) is 0 Å². The van der Waals surface area contributed by atoms with Crippen molar-refractivity contribution in [3.05, 3.63) is 107 Å². The third kappa shape index (κ3) is 4.35. The van der Waals surface area contributed by atoms with Crippen molar-refractivity contribution < 1.29 is 13.6 Å². The highest BCUT2D eigenvalue weighted by Crippen LogP contribution is 2.29. The van der Waals surface area contributed by atoms with Gasteiger partial charge >= 0.3 is 0 Å². The van der Waals surface area contributed by atoms with Crippen LogP contribution in [0.3, 0.4) is 0 Å². The van der Waals surface area contributed by atoms with E-state index in [-0.39, 0.29) is 5.69 Å². The third-order valence-corrected chi connectivity index (χ3v) is 6.23. The van der Waals surface area contributed by atoms with Gasteiger partial charge in [0.05, 0.1) is 40.0 Å². The summed E-state index contributed by atoms with van der Waals surface area (Å²) in [5.74, 6) is -1.64. The van der Waals surface area contributed by atoms with Crippen LogP contribution in [0.5, 0.6) is 0 Å². The van der Waals surface area contributed by atoms with Crippen molar-refractivity contribution in [1.29, 1.82) is 0 Å². The Hall–Kier alpha value is -4.39. The Balaban J connectivity index is 1.56. The van der Waals surface area contributed by atoms with Gasteiger partial charge in [-0.15, -0.1) is 0 Å². The molecule has 2 heterocycles. The van der Waals surface area contributed by atoms with Crippen LogP contribution in [0.25, 0.3) is 27.8 Å². The number of carbonyl (C=O) groups is 1. The molecule has 2 aromatic heterocycles. The maximum absolute atomic E-state index is 14.2. The van der Waals surface area contributed by atoms with E-state index in [0.717, 1.165) is 29.1 Å². The van der Waals surface area contributed by atoms with Gasteiger partial charge < -0.3 is 5.32 Å². The molecule has 0 aliphatic carbocycles. The lowest BCUT2D eigenvalue weighted by atomic mass is 10.0. The molecule has 5 nitrogen and oxygen atoms in total. The van der Waals surface area contributed by atoms with Gasteiger partial charge in [-0.3, -0.25) is 4.79 Å². The molecule has 0 aliphatic heterocycles. The van der Waals surface area contributed by atoms with Crippen molar-refractivity contribution in [1.82, 2.24) is 14.8 Å². The number of nitrogens with zero attached hydrogens (tertiary/aromatic N) is 3. The molecule has 0 saturated carbocycles. The van der Waals surface area contributed by atoms with E-state index in [1.807, 2.05) is 41.9 Å². The smallest absolute Gasteiger partial charge is 0.256 e. The molecular formula is C29H24F2N4O. The summed E-state index contributed by atoms with van der Waals surface area (Å²) in [6.07, 6.45) is 1.73. The minimum absolute atomic E-state index is 0.0994. The van der Waals surface area contributed by atoms with Gasteiger partial charge in [0.25, 0.3) is 5.91 Å². The molecule has 0 saturated heterocycles. The molecule has 5 aromatic rings. The molecular weight excluding hydrogens is 458 g/mol. The Kier molecular flexibility index (Phi) is 6.06. The number of rotatable bonds is 5. The fraction of sp³-hybridized carbons (Fsp3) is 0.138. The molecule has 1 amide bonds. The predicted molar refractivity (Wildman–Crippen MR) is 137 cm³/mol. The second-order valence-electron chi connectivity index (χ2n) is 8.95. The maximum atomic E-state index is 14.2. The van der Waals surface area contributed by atoms with Gasteiger partial charge in [-0.2, -0.15) is 5.10 Å². The molecule has 0 unspecified atom stereocenters.